The Labute approximate surface area is 110 Å². The van der Waals surface area contributed by atoms with Crippen LogP contribution in [0.15, 0.2) is 0 Å². The van der Waals surface area contributed by atoms with Crippen molar-refractivity contribution in [3.05, 3.63) is 0 Å². The molecule has 4 nitrogen and oxygen atoms in total. The lowest BCUT2D eigenvalue weighted by Crippen LogP contribution is -2.69. The first-order chi connectivity index (χ1) is 8.78. The van der Waals surface area contributed by atoms with Crippen molar-refractivity contribution in [1.82, 2.24) is 9.80 Å². The number of methoxy groups -OCH3 is 1. The zero-order chi connectivity index (χ0) is 12.6. The van der Waals surface area contributed by atoms with Crippen molar-refractivity contribution >= 4 is 0 Å². The first kappa shape index (κ1) is 12.9. The van der Waals surface area contributed by atoms with Crippen molar-refractivity contribution in [2.24, 2.45) is 17.6 Å². The lowest BCUT2D eigenvalue weighted by Gasteiger charge is -2.57. The summed E-state index contributed by atoms with van der Waals surface area (Å²) in [5.41, 5.74) is 6.50. The van der Waals surface area contributed by atoms with Crippen LogP contribution in [0.2, 0.25) is 0 Å². The zero-order valence-electron chi connectivity index (χ0n) is 11.6. The third kappa shape index (κ3) is 1.99. The molecule has 0 aromatic rings. The van der Waals surface area contributed by atoms with Gasteiger partial charge in [0.1, 0.15) is 0 Å². The molecule has 0 spiro atoms. The van der Waals surface area contributed by atoms with Gasteiger partial charge in [-0.25, -0.2) is 0 Å². The van der Waals surface area contributed by atoms with Crippen LogP contribution in [0, 0.1) is 11.8 Å². The molecular formula is C14H27N3O. The van der Waals surface area contributed by atoms with Crippen LogP contribution in [0.3, 0.4) is 0 Å². The van der Waals surface area contributed by atoms with Gasteiger partial charge in [0.2, 0.25) is 0 Å². The van der Waals surface area contributed by atoms with Crippen LogP contribution in [0.5, 0.6) is 0 Å². The number of ether oxygens (including phenoxy) is 1. The average molecular weight is 253 g/mol. The van der Waals surface area contributed by atoms with E-state index in [1.807, 2.05) is 7.11 Å². The van der Waals surface area contributed by atoms with Crippen molar-refractivity contribution < 1.29 is 4.74 Å². The highest BCUT2D eigenvalue weighted by Crippen LogP contribution is 2.41. The van der Waals surface area contributed by atoms with Crippen LogP contribution >= 0.6 is 0 Å². The average Bonchev–Trinajstić information content (AvgIpc) is 2.89. The van der Waals surface area contributed by atoms with Gasteiger partial charge in [-0.05, 0) is 50.7 Å². The van der Waals surface area contributed by atoms with E-state index in [4.69, 9.17) is 10.5 Å². The molecule has 2 unspecified atom stereocenters. The first-order valence-corrected chi connectivity index (χ1v) is 7.45. The fourth-order valence-electron chi connectivity index (χ4n) is 4.47. The van der Waals surface area contributed by atoms with E-state index in [-0.39, 0.29) is 5.54 Å². The summed E-state index contributed by atoms with van der Waals surface area (Å²) in [6.45, 7) is 7.93. The summed E-state index contributed by atoms with van der Waals surface area (Å²) in [7, 11) is 1.82. The van der Waals surface area contributed by atoms with Gasteiger partial charge in [0, 0.05) is 32.3 Å². The molecule has 0 aromatic carbocycles. The summed E-state index contributed by atoms with van der Waals surface area (Å²) in [4.78, 5) is 5.32. The molecule has 104 valence electrons. The normalized spacial score (nSPS) is 44.7. The predicted molar refractivity (Wildman–Crippen MR) is 72.5 cm³/mol. The van der Waals surface area contributed by atoms with Crippen LogP contribution in [-0.4, -0.2) is 68.3 Å². The molecule has 4 heteroatoms. The van der Waals surface area contributed by atoms with Gasteiger partial charge in [0.15, 0.2) is 0 Å². The molecular weight excluding hydrogens is 226 g/mol. The maximum absolute atomic E-state index is 6.22. The molecule has 0 aliphatic carbocycles. The largest absolute Gasteiger partial charge is 0.384 e. The summed E-state index contributed by atoms with van der Waals surface area (Å²) >= 11 is 0. The quantitative estimate of drug-likeness (QED) is 0.786. The predicted octanol–water partition coefficient (Wildman–Crippen LogP) is 0.378. The van der Waals surface area contributed by atoms with E-state index < -0.39 is 0 Å². The first-order valence-electron chi connectivity index (χ1n) is 7.45. The molecule has 4 aliphatic heterocycles. The Hall–Kier alpha value is -0.160. The van der Waals surface area contributed by atoms with Gasteiger partial charge in [-0.3, -0.25) is 4.90 Å². The fraction of sp³-hybridized carbons (Fsp3) is 1.00. The number of nitrogens with zero attached hydrogens (tertiary/aromatic N) is 2. The molecule has 0 saturated carbocycles. The lowest BCUT2D eigenvalue weighted by atomic mass is 9.71. The second-order valence-corrected chi connectivity index (χ2v) is 6.41. The van der Waals surface area contributed by atoms with Crippen molar-refractivity contribution in [1.29, 1.82) is 0 Å². The Morgan fingerprint density at radius 1 is 1.22 bits per heavy atom. The molecule has 2 N–H and O–H groups in total. The highest BCUT2D eigenvalue weighted by molar-refractivity contribution is 5.07. The smallest absolute Gasteiger partial charge is 0.0503 e. The number of piperidine rings is 3. The fourth-order valence-corrected chi connectivity index (χ4v) is 4.47. The minimum absolute atomic E-state index is 0.277. The Balaban J connectivity index is 1.72. The number of hydrogen-bond donors (Lipinski definition) is 1. The molecule has 0 aromatic heterocycles. The van der Waals surface area contributed by atoms with Crippen LogP contribution in [0.4, 0.5) is 0 Å². The number of nitrogens with two attached hydrogens (primary N) is 1. The highest BCUT2D eigenvalue weighted by Gasteiger charge is 2.50. The molecule has 4 saturated heterocycles. The van der Waals surface area contributed by atoms with Crippen LogP contribution < -0.4 is 5.73 Å². The molecule has 18 heavy (non-hydrogen) atoms. The third-order valence-corrected chi connectivity index (χ3v) is 5.52. The van der Waals surface area contributed by atoms with Gasteiger partial charge in [-0.15, -0.1) is 0 Å². The van der Waals surface area contributed by atoms with E-state index in [9.17, 15) is 0 Å². The van der Waals surface area contributed by atoms with E-state index in [2.05, 4.69) is 9.80 Å². The summed E-state index contributed by atoms with van der Waals surface area (Å²) in [5, 5.41) is 0. The number of fused-ring (bicyclic) bond motifs is 3. The van der Waals surface area contributed by atoms with Gasteiger partial charge in [0.05, 0.1) is 6.61 Å². The molecule has 0 amide bonds. The summed E-state index contributed by atoms with van der Waals surface area (Å²) in [5.74, 6) is 1.54. The van der Waals surface area contributed by atoms with Crippen LogP contribution in [0.1, 0.15) is 19.3 Å². The molecule has 4 fully saturated rings. The monoisotopic (exact) mass is 253 g/mol. The van der Waals surface area contributed by atoms with Gasteiger partial charge in [-0.1, -0.05) is 0 Å². The molecule has 0 radical (unpaired) electrons. The van der Waals surface area contributed by atoms with Gasteiger partial charge in [-0.2, -0.15) is 0 Å². The van der Waals surface area contributed by atoms with Crippen molar-refractivity contribution in [3.8, 4) is 0 Å². The summed E-state index contributed by atoms with van der Waals surface area (Å²) in [6, 6.07) is 0. The second kappa shape index (κ2) is 5.08. The van der Waals surface area contributed by atoms with Crippen molar-refractivity contribution in [2.45, 2.75) is 24.8 Å². The Kier molecular flexibility index (Phi) is 3.63. The number of rotatable bonds is 4. The van der Waals surface area contributed by atoms with E-state index in [1.165, 1.54) is 52.0 Å². The standard InChI is InChI=1S/C14H27N3O/c1-18-9-12-2-7-17(8-12)14(10-15)11-16-5-3-13(14)4-6-16/h12-13H,2-11,15H2,1H3. The second-order valence-electron chi connectivity index (χ2n) is 6.41. The van der Waals surface area contributed by atoms with Crippen molar-refractivity contribution in [3.63, 3.8) is 0 Å². The Morgan fingerprint density at radius 2 is 2.00 bits per heavy atom. The minimum atomic E-state index is 0.277. The van der Waals surface area contributed by atoms with E-state index in [0.717, 1.165) is 19.1 Å². The lowest BCUT2D eigenvalue weighted by molar-refractivity contribution is -0.0597. The highest BCUT2D eigenvalue weighted by atomic mass is 16.5. The molecule has 2 bridgehead atoms. The van der Waals surface area contributed by atoms with Gasteiger partial charge >= 0.3 is 0 Å². The number of hydrogen-bond acceptors (Lipinski definition) is 4. The summed E-state index contributed by atoms with van der Waals surface area (Å²) in [6.07, 6.45) is 3.98. The van der Waals surface area contributed by atoms with Gasteiger partial charge in [0.25, 0.3) is 0 Å². The molecule has 4 aliphatic rings. The molecule has 4 heterocycles. The minimum Gasteiger partial charge on any atom is -0.384 e. The molecule has 4 rings (SSSR count). The number of likely N-dealkylation sites (tertiary alicyclic amines) is 1. The maximum atomic E-state index is 6.22. The Bertz CT molecular complexity index is 291. The Morgan fingerprint density at radius 3 is 2.56 bits per heavy atom. The summed E-state index contributed by atoms with van der Waals surface area (Å²) < 4.78 is 5.32. The van der Waals surface area contributed by atoms with Crippen LogP contribution in [-0.2, 0) is 4.74 Å². The van der Waals surface area contributed by atoms with E-state index in [0.29, 0.717) is 5.92 Å². The SMILES string of the molecule is COCC1CCN(C2(CN)CN3CCC2CC3)C1. The topological polar surface area (TPSA) is 41.7 Å². The van der Waals surface area contributed by atoms with Crippen LogP contribution in [0.25, 0.3) is 0 Å². The van der Waals surface area contributed by atoms with E-state index >= 15 is 0 Å². The third-order valence-electron chi connectivity index (χ3n) is 5.52. The maximum Gasteiger partial charge on any atom is 0.0503 e. The van der Waals surface area contributed by atoms with E-state index in [1.54, 1.807) is 0 Å². The van der Waals surface area contributed by atoms with Gasteiger partial charge < -0.3 is 15.4 Å². The molecule has 2 atom stereocenters. The zero-order valence-corrected chi connectivity index (χ0v) is 11.6. The van der Waals surface area contributed by atoms with Crippen molar-refractivity contribution in [2.75, 3.05) is 53.0 Å².